The minimum Gasteiger partial charge on any atom is -0.392 e. The van der Waals surface area contributed by atoms with Gasteiger partial charge in [-0.05, 0) is 6.92 Å². The third-order valence-corrected chi connectivity index (χ3v) is 1.92. The van der Waals surface area contributed by atoms with E-state index in [4.69, 9.17) is 16.7 Å². The van der Waals surface area contributed by atoms with Crippen LogP contribution in [0.15, 0.2) is 12.4 Å². The van der Waals surface area contributed by atoms with Crippen molar-refractivity contribution in [2.24, 2.45) is 0 Å². The molecule has 0 bridgehead atoms. The molecule has 1 rings (SSSR count). The molecule has 0 saturated heterocycles. The maximum Gasteiger partial charge on any atom is 0.273 e. The van der Waals surface area contributed by atoms with Crippen LogP contribution in [0.2, 0.25) is 5.15 Å². The van der Waals surface area contributed by atoms with Crippen LogP contribution in [0.4, 0.5) is 0 Å². The van der Waals surface area contributed by atoms with Crippen molar-refractivity contribution in [2.45, 2.75) is 13.0 Å². The van der Waals surface area contributed by atoms with Gasteiger partial charge >= 0.3 is 0 Å². The molecular formula is C9H12ClN3O2. The quantitative estimate of drug-likeness (QED) is 0.824. The maximum absolute atomic E-state index is 11.7. The van der Waals surface area contributed by atoms with E-state index in [2.05, 4.69) is 9.97 Å². The first-order chi connectivity index (χ1) is 7.00. The molecule has 15 heavy (non-hydrogen) atoms. The van der Waals surface area contributed by atoms with E-state index >= 15 is 0 Å². The van der Waals surface area contributed by atoms with Crippen molar-refractivity contribution in [3.8, 4) is 0 Å². The zero-order valence-corrected chi connectivity index (χ0v) is 9.27. The van der Waals surface area contributed by atoms with Gasteiger partial charge in [0.25, 0.3) is 5.91 Å². The third-order valence-electron chi connectivity index (χ3n) is 1.72. The molecule has 0 aliphatic carbocycles. The zero-order valence-electron chi connectivity index (χ0n) is 8.51. The molecule has 1 unspecified atom stereocenters. The van der Waals surface area contributed by atoms with Crippen molar-refractivity contribution in [1.29, 1.82) is 0 Å². The van der Waals surface area contributed by atoms with Crippen LogP contribution in [0.25, 0.3) is 0 Å². The average molecular weight is 230 g/mol. The van der Waals surface area contributed by atoms with E-state index in [1.807, 2.05) is 0 Å². The number of aliphatic hydroxyl groups excluding tert-OH is 1. The highest BCUT2D eigenvalue weighted by Gasteiger charge is 2.14. The normalized spacial score (nSPS) is 12.3. The molecule has 0 spiro atoms. The highest BCUT2D eigenvalue weighted by atomic mass is 35.5. The summed E-state index contributed by atoms with van der Waals surface area (Å²) in [7, 11) is 1.59. The number of carbonyl (C=O) groups excluding carboxylic acids is 1. The SMILES string of the molecule is CC(O)CN(C)C(=O)c1cnc(Cl)cn1. The lowest BCUT2D eigenvalue weighted by Gasteiger charge is -2.17. The fourth-order valence-electron chi connectivity index (χ4n) is 1.10. The van der Waals surface area contributed by atoms with Crippen molar-refractivity contribution >= 4 is 17.5 Å². The van der Waals surface area contributed by atoms with Crippen LogP contribution in [0, 0.1) is 0 Å². The van der Waals surface area contributed by atoms with Gasteiger partial charge < -0.3 is 10.0 Å². The van der Waals surface area contributed by atoms with Crippen LogP contribution in [0.5, 0.6) is 0 Å². The summed E-state index contributed by atoms with van der Waals surface area (Å²) >= 11 is 5.54. The number of halogens is 1. The van der Waals surface area contributed by atoms with Gasteiger partial charge in [0.05, 0.1) is 18.5 Å². The van der Waals surface area contributed by atoms with Gasteiger partial charge in [0, 0.05) is 13.6 Å². The van der Waals surface area contributed by atoms with Crippen molar-refractivity contribution < 1.29 is 9.90 Å². The largest absolute Gasteiger partial charge is 0.392 e. The van der Waals surface area contributed by atoms with E-state index in [0.29, 0.717) is 0 Å². The molecule has 82 valence electrons. The van der Waals surface area contributed by atoms with E-state index in [-0.39, 0.29) is 23.3 Å². The van der Waals surface area contributed by atoms with Crippen LogP contribution < -0.4 is 0 Å². The molecule has 1 atom stereocenters. The second-order valence-electron chi connectivity index (χ2n) is 3.26. The predicted molar refractivity (Wildman–Crippen MR) is 55.7 cm³/mol. The van der Waals surface area contributed by atoms with Crippen molar-refractivity contribution in [1.82, 2.24) is 14.9 Å². The van der Waals surface area contributed by atoms with Crippen LogP contribution in [0.3, 0.4) is 0 Å². The first-order valence-corrected chi connectivity index (χ1v) is 4.79. The minimum absolute atomic E-state index is 0.211. The number of carbonyl (C=O) groups is 1. The Bertz CT molecular complexity index is 340. The van der Waals surface area contributed by atoms with Crippen LogP contribution >= 0.6 is 11.6 Å². The Balaban J connectivity index is 2.72. The number of aromatic nitrogens is 2. The van der Waals surface area contributed by atoms with E-state index in [9.17, 15) is 4.79 Å². The number of rotatable bonds is 3. The summed E-state index contributed by atoms with van der Waals surface area (Å²) in [5.74, 6) is -0.292. The number of hydrogen-bond acceptors (Lipinski definition) is 4. The Labute approximate surface area is 92.7 Å². The molecule has 0 aliphatic rings. The lowest BCUT2D eigenvalue weighted by atomic mass is 10.3. The van der Waals surface area contributed by atoms with Crippen LogP contribution in [-0.2, 0) is 0 Å². The fraction of sp³-hybridized carbons (Fsp3) is 0.444. The van der Waals surface area contributed by atoms with Gasteiger partial charge in [-0.3, -0.25) is 4.79 Å². The summed E-state index contributed by atoms with van der Waals surface area (Å²) < 4.78 is 0. The Morgan fingerprint density at radius 3 is 2.73 bits per heavy atom. The average Bonchev–Trinajstić information content (AvgIpc) is 2.17. The van der Waals surface area contributed by atoms with Gasteiger partial charge in [-0.25, -0.2) is 9.97 Å². The highest BCUT2D eigenvalue weighted by Crippen LogP contribution is 2.04. The Hall–Kier alpha value is -1.20. The van der Waals surface area contributed by atoms with Gasteiger partial charge in [-0.15, -0.1) is 0 Å². The second kappa shape index (κ2) is 5.04. The van der Waals surface area contributed by atoms with E-state index in [0.717, 1.165) is 0 Å². The van der Waals surface area contributed by atoms with Gasteiger partial charge in [0.1, 0.15) is 10.8 Å². The summed E-state index contributed by atoms with van der Waals surface area (Å²) in [6, 6.07) is 0. The summed E-state index contributed by atoms with van der Waals surface area (Å²) in [6.07, 6.45) is 2.05. The molecule has 0 aromatic carbocycles. The third kappa shape index (κ3) is 3.45. The number of likely N-dealkylation sites (N-methyl/N-ethyl adjacent to an activating group) is 1. The zero-order chi connectivity index (χ0) is 11.4. The standard InChI is InChI=1S/C9H12ClN3O2/c1-6(14)5-13(2)9(15)7-3-12-8(10)4-11-7/h3-4,6,14H,5H2,1-2H3. The Morgan fingerprint density at radius 2 is 2.27 bits per heavy atom. The summed E-state index contributed by atoms with van der Waals surface area (Å²) in [4.78, 5) is 20.6. The molecule has 1 heterocycles. The first-order valence-electron chi connectivity index (χ1n) is 4.41. The van der Waals surface area contributed by atoms with Gasteiger partial charge in [-0.2, -0.15) is 0 Å². The van der Waals surface area contributed by atoms with E-state index in [1.54, 1.807) is 14.0 Å². The molecule has 1 N–H and O–H groups in total. The Kier molecular flexibility index (Phi) is 3.99. The maximum atomic E-state index is 11.7. The molecule has 0 aliphatic heterocycles. The van der Waals surface area contributed by atoms with Crippen LogP contribution in [-0.4, -0.2) is 45.6 Å². The predicted octanol–water partition coefficient (Wildman–Crippen LogP) is 0.583. The molecule has 0 fully saturated rings. The summed E-state index contributed by atoms with van der Waals surface area (Å²) in [5, 5.41) is 9.35. The summed E-state index contributed by atoms with van der Waals surface area (Å²) in [6.45, 7) is 1.86. The molecule has 1 aromatic rings. The molecule has 5 nitrogen and oxygen atoms in total. The van der Waals surface area contributed by atoms with Gasteiger partial charge in [0.15, 0.2) is 0 Å². The second-order valence-corrected chi connectivity index (χ2v) is 3.65. The lowest BCUT2D eigenvalue weighted by molar-refractivity contribution is 0.0697. The number of amides is 1. The smallest absolute Gasteiger partial charge is 0.273 e. The molecule has 0 radical (unpaired) electrons. The van der Waals surface area contributed by atoms with Crippen molar-refractivity contribution in [3.63, 3.8) is 0 Å². The lowest BCUT2D eigenvalue weighted by Crippen LogP contribution is -2.33. The number of nitrogens with zero attached hydrogens (tertiary/aromatic N) is 3. The Morgan fingerprint density at radius 1 is 1.60 bits per heavy atom. The molecule has 1 amide bonds. The molecule has 0 saturated carbocycles. The van der Waals surface area contributed by atoms with Crippen molar-refractivity contribution in [3.05, 3.63) is 23.2 Å². The topological polar surface area (TPSA) is 66.3 Å². The minimum atomic E-state index is -0.570. The van der Waals surface area contributed by atoms with Crippen molar-refractivity contribution in [2.75, 3.05) is 13.6 Å². The molecule has 6 heteroatoms. The highest BCUT2D eigenvalue weighted by molar-refractivity contribution is 6.29. The monoisotopic (exact) mass is 229 g/mol. The van der Waals surface area contributed by atoms with Gasteiger partial charge in [0.2, 0.25) is 0 Å². The molecule has 1 aromatic heterocycles. The molecular weight excluding hydrogens is 218 g/mol. The van der Waals surface area contributed by atoms with E-state index < -0.39 is 6.10 Å². The van der Waals surface area contributed by atoms with E-state index in [1.165, 1.54) is 17.3 Å². The number of hydrogen-bond donors (Lipinski definition) is 1. The summed E-state index contributed by atoms with van der Waals surface area (Å²) in [5.41, 5.74) is 0.211. The van der Waals surface area contributed by atoms with Crippen LogP contribution in [0.1, 0.15) is 17.4 Å². The van der Waals surface area contributed by atoms with Gasteiger partial charge in [-0.1, -0.05) is 11.6 Å². The first kappa shape index (κ1) is 11.9. The number of aliphatic hydroxyl groups is 1. The fourth-order valence-corrected chi connectivity index (χ4v) is 1.20.